The predicted octanol–water partition coefficient (Wildman–Crippen LogP) is 0.953. The van der Waals surface area contributed by atoms with Gasteiger partial charge in [-0.05, 0) is 11.0 Å². The van der Waals surface area contributed by atoms with E-state index in [9.17, 15) is 0 Å². The molecule has 0 saturated carbocycles. The first-order chi connectivity index (χ1) is 5.54. The molecular weight excluding hydrogens is 147 g/mol. The van der Waals surface area contributed by atoms with Gasteiger partial charge in [-0.2, -0.15) is 0 Å². The van der Waals surface area contributed by atoms with Crippen molar-refractivity contribution in [2.75, 3.05) is 0 Å². The van der Waals surface area contributed by atoms with Crippen molar-refractivity contribution >= 4 is 12.9 Å². The standard InChI is InChI=1S/C10H15BO/c1-10(2,3)8-4-6-9(11-12)7-5-8/h4-7,11-12H,1-3H3. The van der Waals surface area contributed by atoms with Gasteiger partial charge in [-0.3, -0.25) is 0 Å². The van der Waals surface area contributed by atoms with E-state index in [1.54, 1.807) is 0 Å². The highest BCUT2D eigenvalue weighted by atomic mass is 16.2. The van der Waals surface area contributed by atoms with Crippen molar-refractivity contribution in [3.8, 4) is 0 Å². The van der Waals surface area contributed by atoms with Gasteiger partial charge < -0.3 is 5.02 Å². The van der Waals surface area contributed by atoms with Crippen molar-refractivity contribution in [3.63, 3.8) is 0 Å². The molecule has 0 spiro atoms. The second-order valence-electron chi connectivity index (χ2n) is 4.11. The maximum absolute atomic E-state index is 8.83. The van der Waals surface area contributed by atoms with Crippen LogP contribution in [0.2, 0.25) is 0 Å². The lowest BCUT2D eigenvalue weighted by Gasteiger charge is -2.18. The van der Waals surface area contributed by atoms with Gasteiger partial charge in [-0.1, -0.05) is 50.5 Å². The third-order valence-corrected chi connectivity index (χ3v) is 2.00. The molecule has 12 heavy (non-hydrogen) atoms. The van der Waals surface area contributed by atoms with E-state index in [-0.39, 0.29) is 12.9 Å². The summed E-state index contributed by atoms with van der Waals surface area (Å²) in [5, 5.41) is 8.83. The van der Waals surface area contributed by atoms with Crippen molar-refractivity contribution in [2.45, 2.75) is 26.2 Å². The molecule has 1 nitrogen and oxygen atoms in total. The molecule has 0 bridgehead atoms. The molecule has 0 aliphatic rings. The van der Waals surface area contributed by atoms with Gasteiger partial charge in [0, 0.05) is 0 Å². The van der Waals surface area contributed by atoms with Crippen molar-refractivity contribution in [2.24, 2.45) is 0 Å². The zero-order valence-electron chi connectivity index (χ0n) is 7.96. The molecule has 1 aromatic carbocycles. The van der Waals surface area contributed by atoms with Crippen LogP contribution in [0.1, 0.15) is 26.3 Å². The maximum Gasteiger partial charge on any atom is 0.304 e. The number of hydrogen-bond donors (Lipinski definition) is 1. The van der Waals surface area contributed by atoms with Crippen molar-refractivity contribution in [1.82, 2.24) is 0 Å². The zero-order valence-corrected chi connectivity index (χ0v) is 7.96. The van der Waals surface area contributed by atoms with Crippen LogP contribution in [0, 0.1) is 0 Å². The van der Waals surface area contributed by atoms with E-state index in [0.29, 0.717) is 0 Å². The minimum atomic E-state index is 0.129. The number of rotatable bonds is 1. The topological polar surface area (TPSA) is 20.2 Å². The van der Waals surface area contributed by atoms with Crippen LogP contribution in [0.5, 0.6) is 0 Å². The Labute approximate surface area is 74.7 Å². The largest absolute Gasteiger partial charge is 0.449 e. The molecule has 1 aromatic rings. The van der Waals surface area contributed by atoms with Gasteiger partial charge >= 0.3 is 7.48 Å². The molecule has 64 valence electrons. The van der Waals surface area contributed by atoms with Crippen molar-refractivity contribution in [3.05, 3.63) is 29.8 Å². The molecule has 1 N–H and O–H groups in total. The number of hydrogen-bond acceptors (Lipinski definition) is 1. The molecule has 0 aromatic heterocycles. The van der Waals surface area contributed by atoms with Crippen LogP contribution in [0.25, 0.3) is 0 Å². The summed E-state index contributed by atoms with van der Waals surface area (Å²) in [7, 11) is 0.129. The van der Waals surface area contributed by atoms with Crippen LogP contribution < -0.4 is 5.46 Å². The van der Waals surface area contributed by atoms with Gasteiger partial charge in [0.15, 0.2) is 0 Å². The highest BCUT2D eigenvalue weighted by Gasteiger charge is 2.12. The monoisotopic (exact) mass is 162 g/mol. The molecule has 1 rings (SSSR count). The Bertz CT molecular complexity index is 246. The van der Waals surface area contributed by atoms with Crippen molar-refractivity contribution in [1.29, 1.82) is 0 Å². The molecule has 0 heterocycles. The Kier molecular flexibility index (Phi) is 2.58. The maximum atomic E-state index is 8.83. The molecule has 0 atom stereocenters. The summed E-state index contributed by atoms with van der Waals surface area (Å²) in [5.74, 6) is 0. The Hall–Kier alpha value is -0.755. The average molecular weight is 162 g/mol. The fraction of sp³-hybridized carbons (Fsp3) is 0.400. The first-order valence-electron chi connectivity index (χ1n) is 4.24. The molecule has 0 unspecified atom stereocenters. The Morgan fingerprint density at radius 3 is 1.92 bits per heavy atom. The molecular formula is C10H15BO. The Morgan fingerprint density at radius 2 is 1.58 bits per heavy atom. The molecule has 0 saturated heterocycles. The fourth-order valence-corrected chi connectivity index (χ4v) is 1.11. The third kappa shape index (κ3) is 2.11. The van der Waals surface area contributed by atoms with Gasteiger partial charge in [-0.15, -0.1) is 0 Å². The Balaban J connectivity index is 2.93. The first kappa shape index (κ1) is 9.33. The summed E-state index contributed by atoms with van der Waals surface area (Å²) in [6.45, 7) is 6.54. The van der Waals surface area contributed by atoms with Gasteiger partial charge in [0.2, 0.25) is 0 Å². The fourth-order valence-electron chi connectivity index (χ4n) is 1.11. The lowest BCUT2D eigenvalue weighted by Crippen LogP contribution is -2.16. The number of benzene rings is 1. The quantitative estimate of drug-likeness (QED) is 0.609. The van der Waals surface area contributed by atoms with Crippen LogP contribution in [0.3, 0.4) is 0 Å². The van der Waals surface area contributed by atoms with E-state index in [1.807, 2.05) is 12.1 Å². The summed E-state index contributed by atoms with van der Waals surface area (Å²) in [6, 6.07) is 8.10. The van der Waals surface area contributed by atoms with Crippen LogP contribution in [0.4, 0.5) is 0 Å². The van der Waals surface area contributed by atoms with E-state index >= 15 is 0 Å². The summed E-state index contributed by atoms with van der Waals surface area (Å²) in [5.41, 5.74) is 2.48. The molecule has 2 heteroatoms. The smallest absolute Gasteiger partial charge is 0.304 e. The highest BCUT2D eigenvalue weighted by Crippen LogP contribution is 2.20. The second kappa shape index (κ2) is 3.32. The van der Waals surface area contributed by atoms with Gasteiger partial charge in [0.05, 0.1) is 0 Å². The lowest BCUT2D eigenvalue weighted by atomic mass is 9.82. The van der Waals surface area contributed by atoms with Gasteiger partial charge in [0.25, 0.3) is 0 Å². The molecule has 0 aliphatic carbocycles. The lowest BCUT2D eigenvalue weighted by molar-refractivity contribution is 0.590. The zero-order chi connectivity index (χ0) is 9.19. The van der Waals surface area contributed by atoms with Crippen molar-refractivity contribution < 1.29 is 5.02 Å². The van der Waals surface area contributed by atoms with E-state index in [0.717, 1.165) is 5.46 Å². The van der Waals surface area contributed by atoms with Crippen LogP contribution in [-0.4, -0.2) is 12.5 Å². The molecule has 0 fully saturated rings. The highest BCUT2D eigenvalue weighted by molar-refractivity contribution is 6.45. The minimum Gasteiger partial charge on any atom is -0.449 e. The summed E-state index contributed by atoms with van der Waals surface area (Å²) in [4.78, 5) is 0. The normalized spacial score (nSPS) is 11.3. The minimum absolute atomic E-state index is 0.129. The first-order valence-corrected chi connectivity index (χ1v) is 4.24. The van der Waals surface area contributed by atoms with Crippen LogP contribution in [-0.2, 0) is 5.41 Å². The summed E-state index contributed by atoms with van der Waals surface area (Å²) in [6.07, 6.45) is 0. The summed E-state index contributed by atoms with van der Waals surface area (Å²) < 4.78 is 0. The van der Waals surface area contributed by atoms with E-state index in [4.69, 9.17) is 5.02 Å². The summed E-state index contributed by atoms with van der Waals surface area (Å²) >= 11 is 0. The van der Waals surface area contributed by atoms with E-state index in [1.165, 1.54) is 5.56 Å². The molecule has 0 radical (unpaired) electrons. The van der Waals surface area contributed by atoms with E-state index < -0.39 is 0 Å². The Morgan fingerprint density at radius 1 is 1.08 bits per heavy atom. The molecule has 0 amide bonds. The van der Waals surface area contributed by atoms with Gasteiger partial charge in [0.1, 0.15) is 0 Å². The average Bonchev–Trinajstić information content (AvgIpc) is 2.03. The van der Waals surface area contributed by atoms with Gasteiger partial charge in [-0.25, -0.2) is 0 Å². The molecule has 0 aliphatic heterocycles. The van der Waals surface area contributed by atoms with E-state index in [2.05, 4.69) is 32.9 Å². The third-order valence-electron chi connectivity index (χ3n) is 2.00. The van der Waals surface area contributed by atoms with Crippen LogP contribution >= 0.6 is 0 Å². The van der Waals surface area contributed by atoms with Crippen LogP contribution in [0.15, 0.2) is 24.3 Å². The SMILES string of the molecule is CC(C)(C)c1ccc(BO)cc1. The second-order valence-corrected chi connectivity index (χ2v) is 4.11. The predicted molar refractivity (Wildman–Crippen MR) is 54.1 cm³/mol.